The number of ether oxygens (including phenoxy) is 1. The van der Waals surface area contributed by atoms with Crippen molar-refractivity contribution >= 4 is 17.0 Å². The summed E-state index contributed by atoms with van der Waals surface area (Å²) in [6.07, 6.45) is 2.22. The normalized spacial score (nSPS) is 28.2. The highest BCUT2D eigenvalue weighted by Crippen LogP contribution is 2.31. The van der Waals surface area contributed by atoms with E-state index in [9.17, 15) is 0 Å². The van der Waals surface area contributed by atoms with E-state index in [2.05, 4.69) is 15.0 Å². The summed E-state index contributed by atoms with van der Waals surface area (Å²) in [7, 11) is 0. The van der Waals surface area contributed by atoms with Crippen molar-refractivity contribution in [2.75, 3.05) is 12.3 Å². The zero-order valence-electron chi connectivity index (χ0n) is 8.89. The Morgan fingerprint density at radius 2 is 2.24 bits per heavy atom. The van der Waals surface area contributed by atoms with E-state index in [1.807, 2.05) is 0 Å². The van der Waals surface area contributed by atoms with Gasteiger partial charge in [-0.1, -0.05) is 0 Å². The van der Waals surface area contributed by atoms with E-state index in [4.69, 9.17) is 21.3 Å². The second kappa shape index (κ2) is 3.62. The number of aromatic nitrogens is 4. The number of rotatable bonds is 2. The van der Waals surface area contributed by atoms with Gasteiger partial charge in [0.25, 0.3) is 0 Å². The smallest absolute Gasteiger partial charge is 0.167 e. The first-order valence-electron chi connectivity index (χ1n) is 5.17. The molecule has 0 saturated carbocycles. The van der Waals surface area contributed by atoms with Gasteiger partial charge >= 0.3 is 0 Å². The van der Waals surface area contributed by atoms with E-state index in [1.54, 1.807) is 10.9 Å². The van der Waals surface area contributed by atoms with Crippen LogP contribution in [0.4, 0.5) is 5.82 Å². The van der Waals surface area contributed by atoms with Crippen LogP contribution in [0.5, 0.6) is 0 Å². The number of nitrogens with zero attached hydrogens (tertiary/aromatic N) is 4. The number of anilines is 1. The van der Waals surface area contributed by atoms with Gasteiger partial charge in [-0.2, -0.15) is 0 Å². The average Bonchev–Trinajstić information content (AvgIpc) is 2.73. The molecule has 5 N–H and O–H groups in total. The van der Waals surface area contributed by atoms with Gasteiger partial charge in [-0.3, -0.25) is 4.57 Å². The molecule has 3 atom stereocenters. The highest BCUT2D eigenvalue weighted by Gasteiger charge is 2.41. The molecule has 90 valence electrons. The summed E-state index contributed by atoms with van der Waals surface area (Å²) >= 11 is 0. The van der Waals surface area contributed by atoms with Gasteiger partial charge in [0.2, 0.25) is 0 Å². The van der Waals surface area contributed by atoms with Crippen LogP contribution in [-0.4, -0.2) is 43.4 Å². The zero-order valence-corrected chi connectivity index (χ0v) is 8.89. The van der Waals surface area contributed by atoms with E-state index >= 15 is 0 Å². The number of aliphatic hydroxyl groups excluding tert-OH is 1. The Labute approximate surface area is 96.2 Å². The number of aliphatic hydroxyl groups is 1. The number of hydrogen-bond donors (Lipinski definition) is 3. The van der Waals surface area contributed by atoms with Crippen molar-refractivity contribution in [1.82, 2.24) is 19.5 Å². The summed E-state index contributed by atoms with van der Waals surface area (Å²) in [6.45, 7) is -0.0958. The first kappa shape index (κ1) is 10.4. The van der Waals surface area contributed by atoms with Crippen LogP contribution in [0.3, 0.4) is 0 Å². The minimum Gasteiger partial charge on any atom is -0.394 e. The van der Waals surface area contributed by atoms with Crippen LogP contribution < -0.4 is 11.5 Å². The molecule has 3 heterocycles. The molecule has 2 aromatic heterocycles. The van der Waals surface area contributed by atoms with Gasteiger partial charge in [-0.25, -0.2) is 15.0 Å². The van der Waals surface area contributed by atoms with Crippen molar-refractivity contribution in [2.45, 2.75) is 18.4 Å². The van der Waals surface area contributed by atoms with Crippen molar-refractivity contribution in [1.29, 1.82) is 0 Å². The Morgan fingerprint density at radius 3 is 2.94 bits per heavy atom. The summed E-state index contributed by atoms with van der Waals surface area (Å²) in [5.74, 6) is 0.320. The minimum atomic E-state index is -0.369. The van der Waals surface area contributed by atoms with Crippen molar-refractivity contribution in [3.05, 3.63) is 12.7 Å². The van der Waals surface area contributed by atoms with E-state index in [0.717, 1.165) is 0 Å². The monoisotopic (exact) mass is 236 g/mol. The molecule has 3 unspecified atom stereocenters. The zero-order chi connectivity index (χ0) is 12.0. The van der Waals surface area contributed by atoms with Crippen LogP contribution in [0.2, 0.25) is 0 Å². The fourth-order valence-corrected chi connectivity index (χ4v) is 1.93. The van der Waals surface area contributed by atoms with Crippen molar-refractivity contribution in [3.63, 3.8) is 0 Å². The van der Waals surface area contributed by atoms with Gasteiger partial charge < -0.3 is 21.3 Å². The lowest BCUT2D eigenvalue weighted by Gasteiger charge is -2.41. The van der Waals surface area contributed by atoms with Crippen LogP contribution in [0.15, 0.2) is 12.7 Å². The van der Waals surface area contributed by atoms with Gasteiger partial charge in [0, 0.05) is 0 Å². The predicted molar refractivity (Wildman–Crippen MR) is 58.7 cm³/mol. The highest BCUT2D eigenvalue weighted by atomic mass is 16.5. The molecule has 1 aliphatic heterocycles. The maximum atomic E-state index is 8.95. The largest absolute Gasteiger partial charge is 0.394 e. The van der Waals surface area contributed by atoms with Gasteiger partial charge in [0.05, 0.1) is 19.0 Å². The van der Waals surface area contributed by atoms with Gasteiger partial charge in [-0.15, -0.1) is 0 Å². The SMILES string of the molecule is Nc1ncnc2c1ncn2C1OC(CO)C1N. The highest BCUT2D eigenvalue weighted by molar-refractivity contribution is 5.81. The molecule has 1 aliphatic rings. The molecule has 8 heteroatoms. The van der Waals surface area contributed by atoms with E-state index in [0.29, 0.717) is 17.0 Å². The van der Waals surface area contributed by atoms with Crippen LogP contribution in [0.1, 0.15) is 6.23 Å². The number of hydrogen-bond acceptors (Lipinski definition) is 7. The summed E-state index contributed by atoms with van der Waals surface area (Å²) in [6, 6.07) is -0.284. The molecule has 0 aromatic carbocycles. The predicted octanol–water partition coefficient (Wildman–Crippen LogP) is -1.37. The molecule has 0 amide bonds. The van der Waals surface area contributed by atoms with E-state index in [1.165, 1.54) is 6.33 Å². The maximum Gasteiger partial charge on any atom is 0.167 e. The second-order valence-electron chi connectivity index (χ2n) is 3.91. The summed E-state index contributed by atoms with van der Waals surface area (Å²) < 4.78 is 7.14. The summed E-state index contributed by atoms with van der Waals surface area (Å²) in [5.41, 5.74) is 12.7. The average molecular weight is 236 g/mol. The maximum absolute atomic E-state index is 8.95. The van der Waals surface area contributed by atoms with Crippen molar-refractivity contribution < 1.29 is 9.84 Å². The van der Waals surface area contributed by atoms with Crippen LogP contribution >= 0.6 is 0 Å². The molecular formula is C9H12N6O2. The van der Waals surface area contributed by atoms with Crippen LogP contribution in [0, 0.1) is 0 Å². The fourth-order valence-electron chi connectivity index (χ4n) is 1.93. The minimum absolute atomic E-state index is 0.0958. The van der Waals surface area contributed by atoms with E-state index < -0.39 is 0 Å². The summed E-state index contributed by atoms with van der Waals surface area (Å²) in [5, 5.41) is 8.95. The van der Waals surface area contributed by atoms with Crippen molar-refractivity contribution in [3.8, 4) is 0 Å². The third kappa shape index (κ3) is 1.38. The lowest BCUT2D eigenvalue weighted by Crippen LogP contribution is -2.57. The Kier molecular flexibility index (Phi) is 2.21. The fraction of sp³-hybridized carbons (Fsp3) is 0.444. The first-order chi connectivity index (χ1) is 8.22. The Morgan fingerprint density at radius 1 is 1.41 bits per heavy atom. The second-order valence-corrected chi connectivity index (χ2v) is 3.91. The van der Waals surface area contributed by atoms with Gasteiger partial charge in [0.15, 0.2) is 17.7 Å². The molecule has 0 radical (unpaired) electrons. The van der Waals surface area contributed by atoms with Crippen LogP contribution in [-0.2, 0) is 4.74 Å². The quantitative estimate of drug-likeness (QED) is 0.587. The van der Waals surface area contributed by atoms with E-state index in [-0.39, 0.29) is 25.0 Å². The Bertz CT molecular complexity index is 555. The number of nitrogens with two attached hydrogens (primary N) is 2. The number of imidazole rings is 1. The molecule has 2 aromatic rings. The summed E-state index contributed by atoms with van der Waals surface area (Å²) in [4.78, 5) is 12.1. The lowest BCUT2D eigenvalue weighted by atomic mass is 10.1. The van der Waals surface area contributed by atoms with Gasteiger partial charge in [-0.05, 0) is 0 Å². The molecule has 3 rings (SSSR count). The Balaban J connectivity index is 2.00. The molecule has 17 heavy (non-hydrogen) atoms. The molecule has 0 aliphatic carbocycles. The molecule has 0 spiro atoms. The molecule has 0 bridgehead atoms. The molecule has 1 saturated heterocycles. The third-order valence-electron chi connectivity index (χ3n) is 2.91. The van der Waals surface area contributed by atoms with Gasteiger partial charge in [0.1, 0.15) is 17.9 Å². The lowest BCUT2D eigenvalue weighted by molar-refractivity contribution is -0.196. The van der Waals surface area contributed by atoms with Crippen LogP contribution in [0.25, 0.3) is 11.2 Å². The number of nitrogen functional groups attached to an aromatic ring is 1. The first-order valence-corrected chi connectivity index (χ1v) is 5.17. The van der Waals surface area contributed by atoms with Crippen molar-refractivity contribution in [2.24, 2.45) is 5.73 Å². The topological polar surface area (TPSA) is 125 Å². The molecule has 8 nitrogen and oxygen atoms in total. The molecular weight excluding hydrogens is 224 g/mol. The molecule has 1 fully saturated rings. The standard InChI is InChI=1S/C9H12N6O2/c10-5-4(1-16)17-9(5)15-3-14-6-7(11)12-2-13-8(6)15/h2-5,9,16H,1,10H2,(H2,11,12,13). The Hall–Kier alpha value is -1.77. The third-order valence-corrected chi connectivity index (χ3v) is 2.91. The number of fused-ring (bicyclic) bond motifs is 1.